The van der Waals surface area contributed by atoms with E-state index in [0.29, 0.717) is 0 Å². The summed E-state index contributed by atoms with van der Waals surface area (Å²) in [6, 6.07) is 1.88. The van der Waals surface area contributed by atoms with E-state index in [1.165, 1.54) is 0 Å². The van der Waals surface area contributed by atoms with Gasteiger partial charge in [0, 0.05) is 6.26 Å². The van der Waals surface area contributed by atoms with E-state index in [4.69, 9.17) is 10.0 Å². The number of hydrogen-bond donors (Lipinski definition) is 2. The fraction of sp³-hybridized carbons (Fsp3) is 0.250. The number of methoxy groups -OCH3 is 1. The molecule has 0 aliphatic rings. The first-order valence-corrected chi connectivity index (χ1v) is 6.10. The van der Waals surface area contributed by atoms with Crippen LogP contribution in [0, 0.1) is 5.82 Å². The van der Waals surface area contributed by atoms with Crippen molar-refractivity contribution in [2.45, 2.75) is 4.90 Å². The van der Waals surface area contributed by atoms with Crippen LogP contribution >= 0.6 is 0 Å². The van der Waals surface area contributed by atoms with Gasteiger partial charge in [-0.3, -0.25) is 0 Å². The van der Waals surface area contributed by atoms with Crippen LogP contribution in [0.4, 0.5) is 4.39 Å². The lowest BCUT2D eigenvalue weighted by Crippen LogP contribution is -2.31. The summed E-state index contributed by atoms with van der Waals surface area (Å²) in [4.78, 5) is -0.630. The molecule has 2 N–H and O–H groups in total. The number of rotatable bonds is 3. The third-order valence-electron chi connectivity index (χ3n) is 1.95. The largest absolute Gasteiger partial charge is 0.494 e. The van der Waals surface area contributed by atoms with E-state index in [-0.39, 0.29) is 11.2 Å². The summed E-state index contributed by atoms with van der Waals surface area (Å²) in [6.45, 7) is 0. The monoisotopic (exact) mass is 248 g/mol. The Hall–Kier alpha value is -1.12. The molecule has 0 saturated carbocycles. The number of ether oxygens (including phenoxy) is 1. The zero-order valence-electron chi connectivity index (χ0n) is 8.64. The van der Waals surface area contributed by atoms with Crippen molar-refractivity contribution >= 4 is 22.4 Å². The third-order valence-corrected chi connectivity index (χ3v) is 3.04. The smallest absolute Gasteiger partial charge is 0.488 e. The molecule has 5 nitrogen and oxygen atoms in total. The molecule has 0 saturated heterocycles. The molecule has 0 aromatic heterocycles. The lowest BCUT2D eigenvalue weighted by molar-refractivity contribution is 0.380. The average Bonchev–Trinajstić information content (AvgIpc) is 2.15. The van der Waals surface area contributed by atoms with Crippen molar-refractivity contribution in [3.63, 3.8) is 0 Å². The fourth-order valence-corrected chi connectivity index (χ4v) is 1.94. The predicted molar refractivity (Wildman–Crippen MR) is 55.9 cm³/mol. The molecule has 8 heteroatoms. The third kappa shape index (κ3) is 2.52. The zero-order valence-corrected chi connectivity index (χ0v) is 9.45. The zero-order chi connectivity index (χ0) is 12.5. The van der Waals surface area contributed by atoms with Crippen LogP contribution in [0.25, 0.3) is 0 Å². The van der Waals surface area contributed by atoms with Gasteiger partial charge in [-0.15, -0.1) is 0 Å². The van der Waals surface area contributed by atoms with Crippen LogP contribution in [-0.2, 0) is 9.84 Å². The highest BCUT2D eigenvalue weighted by Crippen LogP contribution is 2.22. The highest BCUT2D eigenvalue weighted by Gasteiger charge is 2.23. The van der Waals surface area contributed by atoms with E-state index in [1.807, 2.05) is 0 Å². The summed E-state index contributed by atoms with van der Waals surface area (Å²) >= 11 is 0. The van der Waals surface area contributed by atoms with E-state index < -0.39 is 27.7 Å². The summed E-state index contributed by atoms with van der Waals surface area (Å²) in [6.07, 6.45) is 0.818. The van der Waals surface area contributed by atoms with E-state index in [9.17, 15) is 12.8 Å². The Morgan fingerprint density at radius 2 is 1.94 bits per heavy atom. The van der Waals surface area contributed by atoms with Crippen LogP contribution < -0.4 is 10.2 Å². The van der Waals surface area contributed by atoms with Gasteiger partial charge in [0.05, 0.1) is 7.11 Å². The molecule has 1 aromatic carbocycles. The molecule has 0 aliphatic heterocycles. The van der Waals surface area contributed by atoms with Crippen LogP contribution in [0.15, 0.2) is 17.0 Å². The van der Waals surface area contributed by atoms with Crippen LogP contribution in [0.2, 0.25) is 0 Å². The van der Waals surface area contributed by atoms with Crippen molar-refractivity contribution in [1.82, 2.24) is 0 Å². The van der Waals surface area contributed by atoms with Crippen molar-refractivity contribution in [2.75, 3.05) is 13.4 Å². The van der Waals surface area contributed by atoms with Gasteiger partial charge >= 0.3 is 7.12 Å². The number of halogens is 1. The lowest BCUT2D eigenvalue weighted by Gasteiger charge is -2.09. The Balaban J connectivity index is 3.55. The highest BCUT2D eigenvalue weighted by atomic mass is 32.2. The second-order valence-corrected chi connectivity index (χ2v) is 5.17. The molecule has 0 fully saturated rings. The average molecular weight is 248 g/mol. The maximum Gasteiger partial charge on any atom is 0.488 e. The van der Waals surface area contributed by atoms with Crippen LogP contribution in [0.1, 0.15) is 0 Å². The van der Waals surface area contributed by atoms with Crippen molar-refractivity contribution in [3.8, 4) is 5.75 Å². The second-order valence-electron chi connectivity index (χ2n) is 3.18. The number of hydrogen-bond acceptors (Lipinski definition) is 5. The van der Waals surface area contributed by atoms with Gasteiger partial charge in [0.1, 0.15) is 4.90 Å². The molecular formula is C8H10BFO5S. The normalized spacial score (nSPS) is 11.3. The van der Waals surface area contributed by atoms with E-state index in [1.54, 1.807) is 0 Å². The predicted octanol–water partition coefficient (Wildman–Crippen LogP) is -1.08. The molecule has 1 rings (SSSR count). The van der Waals surface area contributed by atoms with Crippen LogP contribution in [0.3, 0.4) is 0 Å². The number of benzene rings is 1. The summed E-state index contributed by atoms with van der Waals surface area (Å²) in [5, 5.41) is 17.8. The van der Waals surface area contributed by atoms with Gasteiger partial charge < -0.3 is 14.8 Å². The van der Waals surface area contributed by atoms with Crippen LogP contribution in [-0.4, -0.2) is 38.9 Å². The maximum absolute atomic E-state index is 13.5. The minimum atomic E-state index is -3.80. The highest BCUT2D eigenvalue weighted by molar-refractivity contribution is 7.90. The lowest BCUT2D eigenvalue weighted by atomic mass is 9.80. The van der Waals surface area contributed by atoms with Gasteiger partial charge in [-0.1, -0.05) is 0 Å². The van der Waals surface area contributed by atoms with Gasteiger partial charge in [0.25, 0.3) is 0 Å². The van der Waals surface area contributed by atoms with Gasteiger partial charge in [-0.2, -0.15) is 0 Å². The first kappa shape index (κ1) is 13.0. The first-order valence-electron chi connectivity index (χ1n) is 4.21. The van der Waals surface area contributed by atoms with Crippen molar-refractivity contribution in [1.29, 1.82) is 0 Å². The summed E-state index contributed by atoms with van der Waals surface area (Å²) in [7, 11) is -4.54. The minimum Gasteiger partial charge on any atom is -0.494 e. The Morgan fingerprint density at radius 3 is 2.31 bits per heavy atom. The molecule has 0 radical (unpaired) electrons. The molecule has 16 heavy (non-hydrogen) atoms. The van der Waals surface area contributed by atoms with E-state index in [2.05, 4.69) is 4.74 Å². The molecule has 0 spiro atoms. The van der Waals surface area contributed by atoms with Crippen molar-refractivity contribution in [3.05, 3.63) is 17.9 Å². The molecule has 88 valence electrons. The van der Waals surface area contributed by atoms with Crippen molar-refractivity contribution < 1.29 is 27.6 Å². The Bertz CT molecular complexity index is 499. The molecule has 1 aromatic rings. The second kappa shape index (κ2) is 4.40. The van der Waals surface area contributed by atoms with E-state index >= 15 is 0 Å². The number of sulfone groups is 1. The Morgan fingerprint density at radius 1 is 1.38 bits per heavy atom. The summed E-state index contributed by atoms with van der Waals surface area (Å²) in [5.41, 5.74) is -0.154. The molecule has 0 heterocycles. The van der Waals surface area contributed by atoms with Gasteiger partial charge in [0.2, 0.25) is 0 Å². The SMILES string of the molecule is COc1cc(B(O)O)cc(S(C)(=O)=O)c1F. The Labute approximate surface area is 92.5 Å². The van der Waals surface area contributed by atoms with Gasteiger partial charge in [0.15, 0.2) is 21.4 Å². The van der Waals surface area contributed by atoms with Crippen LogP contribution in [0.5, 0.6) is 5.75 Å². The minimum absolute atomic E-state index is 0.154. The van der Waals surface area contributed by atoms with Gasteiger partial charge in [-0.25, -0.2) is 12.8 Å². The molecule has 0 bridgehead atoms. The standard InChI is InChI=1S/C8H10BFO5S/c1-15-6-3-5(9(11)12)4-7(8(6)10)16(2,13)14/h3-4,11-12H,1-2H3. The quantitative estimate of drug-likeness (QED) is 0.664. The van der Waals surface area contributed by atoms with Gasteiger partial charge in [-0.05, 0) is 17.6 Å². The molecule has 0 atom stereocenters. The first-order chi connectivity index (χ1) is 7.27. The summed E-state index contributed by atoms with van der Waals surface area (Å²) in [5.74, 6) is -1.40. The maximum atomic E-state index is 13.5. The molecule has 0 unspecified atom stereocenters. The van der Waals surface area contributed by atoms with E-state index in [0.717, 1.165) is 25.5 Å². The Kier molecular flexibility index (Phi) is 3.56. The molecular weight excluding hydrogens is 238 g/mol. The molecule has 0 aliphatic carbocycles. The topological polar surface area (TPSA) is 83.8 Å². The fourth-order valence-electron chi connectivity index (χ4n) is 1.16. The van der Waals surface area contributed by atoms with Crippen molar-refractivity contribution in [2.24, 2.45) is 0 Å². The summed E-state index contributed by atoms with van der Waals surface area (Å²) < 4.78 is 40.6. The molecule has 0 amide bonds.